The second-order valence-electron chi connectivity index (χ2n) is 18.1. The van der Waals surface area contributed by atoms with Crippen molar-refractivity contribution in [1.29, 1.82) is 5.26 Å². The van der Waals surface area contributed by atoms with Crippen LogP contribution in [0.3, 0.4) is 0 Å². The Labute approximate surface area is 326 Å². The summed E-state index contributed by atoms with van der Waals surface area (Å²) < 4.78 is 29.0. The zero-order chi connectivity index (χ0) is 41.1. The molecule has 15 nitrogen and oxygen atoms in total. The molecule has 0 saturated carbocycles. The van der Waals surface area contributed by atoms with Crippen molar-refractivity contribution < 1.29 is 28.5 Å². The number of hydrogen-bond acceptors (Lipinski definition) is 13. The van der Waals surface area contributed by atoms with Crippen LogP contribution in [0.2, 0.25) is 36.3 Å². The van der Waals surface area contributed by atoms with Crippen molar-refractivity contribution >= 4 is 39.3 Å². The molecule has 6 N–H and O–H groups in total. The molecule has 8 atom stereocenters. The van der Waals surface area contributed by atoms with E-state index in [9.17, 15) is 15.5 Å². The van der Waals surface area contributed by atoms with Crippen LogP contribution in [0.5, 0.6) is 0 Å². The van der Waals surface area contributed by atoms with Gasteiger partial charge in [0, 0.05) is 11.8 Å². The summed E-state index contributed by atoms with van der Waals surface area (Å²) >= 11 is 0. The number of rotatable bonds is 8. The summed E-state index contributed by atoms with van der Waals surface area (Å²) in [6, 6.07) is 9.50. The van der Waals surface area contributed by atoms with E-state index in [1.807, 2.05) is 6.92 Å². The zero-order valence-corrected chi connectivity index (χ0v) is 36.7. The maximum atomic E-state index is 11.8. The zero-order valence-electron chi connectivity index (χ0n) is 34.7. The van der Waals surface area contributed by atoms with Gasteiger partial charge in [0.15, 0.2) is 28.3 Å². The lowest BCUT2D eigenvalue weighted by Gasteiger charge is -2.42. The number of aliphatic hydroxyl groups is 2. The van der Waals surface area contributed by atoms with Crippen molar-refractivity contribution in [2.75, 3.05) is 18.1 Å². The predicted octanol–water partition coefficient (Wildman–Crippen LogP) is 5.74. The smallest absolute Gasteiger partial charge is 0.236 e. The summed E-state index contributed by atoms with van der Waals surface area (Å²) in [5.74, 6) is -1.05. The molecule has 55 heavy (non-hydrogen) atoms. The molecule has 3 unspecified atom stereocenters. The van der Waals surface area contributed by atoms with Gasteiger partial charge in [-0.3, -0.25) is 0 Å². The quantitative estimate of drug-likeness (QED) is 0.157. The second kappa shape index (κ2) is 14.8. The number of hydrogen-bond donors (Lipinski definition) is 4. The molecule has 4 aromatic rings. The number of nitrogens with zero attached hydrogens (tertiary/aromatic N) is 7. The van der Waals surface area contributed by atoms with Gasteiger partial charge in [-0.2, -0.15) is 15.5 Å². The third-order valence-electron chi connectivity index (χ3n) is 12.5. The highest BCUT2D eigenvalue weighted by atomic mass is 28.4. The van der Waals surface area contributed by atoms with Gasteiger partial charge in [-0.05, 0) is 67.0 Å². The molecule has 0 amide bonds. The Morgan fingerprint density at radius 3 is 1.71 bits per heavy atom. The minimum Gasteiger partial charge on any atom is -0.409 e. The number of aromatic nitrogens is 6. The monoisotopic (exact) mass is 795 g/mol. The maximum absolute atomic E-state index is 11.8. The summed E-state index contributed by atoms with van der Waals surface area (Å²) in [6.07, 6.45) is 1.87. The molecule has 6 heterocycles. The summed E-state index contributed by atoms with van der Waals surface area (Å²) in [5.41, 5.74) is 12.8. The van der Waals surface area contributed by atoms with E-state index in [1.165, 1.54) is 12.7 Å². The summed E-state index contributed by atoms with van der Waals surface area (Å²) in [6.45, 7) is 27.6. The number of aliphatic hydroxyl groups excluding tert-OH is 1. The average molecular weight is 796 g/mol. The van der Waals surface area contributed by atoms with E-state index in [0.29, 0.717) is 34.1 Å². The van der Waals surface area contributed by atoms with Gasteiger partial charge in [0.2, 0.25) is 11.4 Å². The fraction of sp³-hybridized carbons (Fsp3) is 0.658. The largest absolute Gasteiger partial charge is 0.409 e. The molecular weight excluding hydrogens is 735 g/mol. The van der Waals surface area contributed by atoms with Crippen LogP contribution < -0.4 is 11.5 Å². The Kier molecular flexibility index (Phi) is 11.5. The van der Waals surface area contributed by atoms with E-state index in [1.54, 1.807) is 33.3 Å². The number of nitrogens with two attached hydrogens (primary N) is 2. The first-order chi connectivity index (χ1) is 25.4. The van der Waals surface area contributed by atoms with E-state index < -0.39 is 46.3 Å². The second-order valence-corrected chi connectivity index (χ2v) is 27.6. The topological polar surface area (TPSA) is 214 Å². The van der Waals surface area contributed by atoms with Crippen molar-refractivity contribution in [2.24, 2.45) is 11.8 Å². The first kappa shape index (κ1) is 42.7. The van der Waals surface area contributed by atoms with Gasteiger partial charge >= 0.3 is 0 Å². The molecule has 302 valence electrons. The first-order valence-corrected chi connectivity index (χ1v) is 24.9. The van der Waals surface area contributed by atoms with Gasteiger partial charge in [0.25, 0.3) is 0 Å². The number of ether oxygens (including phenoxy) is 2. The lowest BCUT2D eigenvalue weighted by molar-refractivity contribution is -0.237. The molecule has 0 bridgehead atoms. The van der Waals surface area contributed by atoms with Crippen LogP contribution in [0.1, 0.15) is 80.1 Å². The Morgan fingerprint density at radius 2 is 1.25 bits per heavy atom. The minimum atomic E-state index is -2.23. The summed E-state index contributed by atoms with van der Waals surface area (Å²) in [4.78, 5) is 8.04. The fourth-order valence-corrected chi connectivity index (χ4v) is 9.71. The van der Waals surface area contributed by atoms with Crippen molar-refractivity contribution in [3.63, 3.8) is 0 Å². The van der Waals surface area contributed by atoms with E-state index in [2.05, 4.69) is 108 Å². The third-order valence-corrected chi connectivity index (χ3v) is 21.4. The van der Waals surface area contributed by atoms with Crippen molar-refractivity contribution in [3.8, 4) is 6.07 Å². The molecule has 0 spiro atoms. The van der Waals surface area contributed by atoms with E-state index in [-0.39, 0.29) is 34.6 Å². The SMILES string of the molecule is CC[C@H]1OC(O)(c2ccc3c(N)ncnn23)C(O[Si](C)(C)C(C)(C)C)[C@@H]1C.C[C@H]1C(O[Si](C)(C)C(C)(C)C)[C@](C#N)(c2ccc3c(N)ncnn23)O[C@@H]1CO. The summed E-state index contributed by atoms with van der Waals surface area (Å²) in [5, 5.41) is 40.5. The highest BCUT2D eigenvalue weighted by Crippen LogP contribution is 2.50. The van der Waals surface area contributed by atoms with E-state index in [0.717, 1.165) is 6.42 Å². The lowest BCUT2D eigenvalue weighted by Crippen LogP contribution is -2.51. The van der Waals surface area contributed by atoms with Gasteiger partial charge in [0.1, 0.15) is 41.6 Å². The van der Waals surface area contributed by atoms with Crippen molar-refractivity contribution in [2.45, 2.75) is 141 Å². The van der Waals surface area contributed by atoms with Crippen LogP contribution in [0.4, 0.5) is 11.6 Å². The molecule has 2 aliphatic heterocycles. The molecule has 4 aromatic heterocycles. The number of nitriles is 1. The lowest BCUT2D eigenvalue weighted by atomic mass is 9.88. The van der Waals surface area contributed by atoms with Crippen LogP contribution in [0.15, 0.2) is 36.9 Å². The van der Waals surface area contributed by atoms with Crippen molar-refractivity contribution in [1.82, 2.24) is 29.2 Å². The number of anilines is 2. The Morgan fingerprint density at radius 1 is 0.800 bits per heavy atom. The molecule has 6 rings (SSSR count). The molecule has 0 aliphatic carbocycles. The van der Waals surface area contributed by atoms with Crippen LogP contribution in [0, 0.1) is 23.2 Å². The molecule has 0 radical (unpaired) electrons. The highest BCUT2D eigenvalue weighted by molar-refractivity contribution is 6.74. The fourth-order valence-electron chi connectivity index (χ4n) is 6.98. The van der Waals surface area contributed by atoms with E-state index >= 15 is 0 Å². The number of nitrogen functional groups attached to an aromatic ring is 2. The molecule has 2 aliphatic rings. The first-order valence-electron chi connectivity index (χ1n) is 19.0. The van der Waals surface area contributed by atoms with Gasteiger partial charge < -0.3 is 40.0 Å². The summed E-state index contributed by atoms with van der Waals surface area (Å²) in [7, 11) is -4.37. The van der Waals surface area contributed by atoms with Crippen LogP contribution in [-0.2, 0) is 29.7 Å². The molecule has 0 aromatic carbocycles. The van der Waals surface area contributed by atoms with Gasteiger partial charge in [-0.25, -0.2) is 19.0 Å². The van der Waals surface area contributed by atoms with E-state index in [4.69, 9.17) is 29.8 Å². The number of fused-ring (bicyclic) bond motifs is 2. The standard InChI is InChI=1S/C19H29N5O3Si.C19H32N4O3Si/c1-12-14(9-25)26-19(10-20,16(12)27-28(5,6)18(2,3)4)15-8-7-13-17(21)22-11-23-24(13)15;1-8-14-12(2)16(26-27(6,7)18(3,4)5)19(24,25-14)15-10-9-13-17(20)21-11-22-23(13)15/h7-8,11-12,14,16,25H,9H2,1-6H3,(H2,21,22,23);9-12,14,16,24H,8H2,1-7H3,(H2,20,21,22)/t12-,14-,16?,19+;12-,14-,16?,19?/m11/s1. The minimum absolute atomic E-state index is 0.0196. The Hall–Kier alpha value is -3.48. The molecule has 17 heteroatoms. The Balaban J connectivity index is 0.000000211. The van der Waals surface area contributed by atoms with Gasteiger partial charge in [0.05, 0.1) is 30.6 Å². The van der Waals surface area contributed by atoms with Crippen molar-refractivity contribution in [3.05, 3.63) is 48.3 Å². The normalized spacial score (nSPS) is 29.1. The third kappa shape index (κ3) is 7.32. The van der Waals surface area contributed by atoms with Crippen LogP contribution >= 0.6 is 0 Å². The molecule has 2 saturated heterocycles. The molecular formula is C38H61N9O6Si2. The van der Waals surface area contributed by atoms with Crippen LogP contribution in [-0.4, -0.2) is 87.1 Å². The Bertz CT molecular complexity index is 2040. The van der Waals surface area contributed by atoms with Gasteiger partial charge in [-0.15, -0.1) is 0 Å². The highest BCUT2D eigenvalue weighted by Gasteiger charge is 2.60. The molecule has 2 fully saturated rings. The maximum Gasteiger partial charge on any atom is 0.236 e. The van der Waals surface area contributed by atoms with Crippen LogP contribution in [0.25, 0.3) is 11.0 Å². The van der Waals surface area contributed by atoms with Gasteiger partial charge in [-0.1, -0.05) is 62.3 Å². The average Bonchev–Trinajstić information content (AvgIpc) is 3.85. The predicted molar refractivity (Wildman–Crippen MR) is 216 cm³/mol.